The van der Waals surface area contributed by atoms with Crippen molar-refractivity contribution in [2.24, 2.45) is 0 Å². The van der Waals surface area contributed by atoms with Crippen LogP contribution < -0.4 is 9.64 Å². The van der Waals surface area contributed by atoms with Crippen LogP contribution in [0.5, 0.6) is 5.75 Å². The average Bonchev–Trinajstić information content (AvgIpc) is 2.39. The number of rotatable bonds is 5. The maximum absolute atomic E-state index is 5.80. The van der Waals surface area contributed by atoms with Crippen molar-refractivity contribution in [1.82, 2.24) is 9.88 Å². The fraction of sp³-hybridized carbons (Fsp3) is 0.643. The van der Waals surface area contributed by atoms with Crippen LogP contribution >= 0.6 is 0 Å². The van der Waals surface area contributed by atoms with Crippen molar-refractivity contribution in [3.63, 3.8) is 0 Å². The van der Waals surface area contributed by atoms with Crippen LogP contribution in [0.3, 0.4) is 0 Å². The van der Waals surface area contributed by atoms with Gasteiger partial charge in [-0.1, -0.05) is 13.8 Å². The molecule has 0 aliphatic carbocycles. The van der Waals surface area contributed by atoms with E-state index < -0.39 is 0 Å². The molecule has 0 radical (unpaired) electrons. The van der Waals surface area contributed by atoms with Crippen LogP contribution in [0.15, 0.2) is 18.3 Å². The lowest BCUT2D eigenvalue weighted by Gasteiger charge is -2.34. The third kappa shape index (κ3) is 2.93. The van der Waals surface area contributed by atoms with Crippen molar-refractivity contribution in [3.8, 4) is 5.75 Å². The van der Waals surface area contributed by atoms with E-state index >= 15 is 0 Å². The van der Waals surface area contributed by atoms with E-state index in [0.717, 1.165) is 44.3 Å². The van der Waals surface area contributed by atoms with Gasteiger partial charge in [0.25, 0.3) is 0 Å². The highest BCUT2D eigenvalue weighted by molar-refractivity contribution is 5.53. The molecule has 1 aliphatic rings. The zero-order valence-electron chi connectivity index (χ0n) is 11.6. The molecule has 0 saturated heterocycles. The van der Waals surface area contributed by atoms with E-state index in [-0.39, 0.29) is 6.10 Å². The van der Waals surface area contributed by atoms with Crippen molar-refractivity contribution in [3.05, 3.63) is 18.3 Å². The van der Waals surface area contributed by atoms with Crippen LogP contribution in [0.1, 0.15) is 20.8 Å². The van der Waals surface area contributed by atoms with Gasteiger partial charge in [-0.15, -0.1) is 0 Å². The molecule has 4 nitrogen and oxygen atoms in total. The first-order valence-corrected chi connectivity index (χ1v) is 6.83. The Morgan fingerprint density at radius 3 is 2.94 bits per heavy atom. The summed E-state index contributed by atoms with van der Waals surface area (Å²) in [4.78, 5) is 9.22. The van der Waals surface area contributed by atoms with Crippen LogP contribution in [-0.4, -0.2) is 48.7 Å². The van der Waals surface area contributed by atoms with Crippen LogP contribution in [0.4, 0.5) is 5.82 Å². The van der Waals surface area contributed by atoms with Crippen molar-refractivity contribution in [2.75, 3.05) is 37.6 Å². The fourth-order valence-corrected chi connectivity index (χ4v) is 2.36. The number of aromatic nitrogens is 1. The van der Waals surface area contributed by atoms with Gasteiger partial charge in [0, 0.05) is 19.3 Å². The van der Waals surface area contributed by atoms with E-state index in [4.69, 9.17) is 4.74 Å². The smallest absolute Gasteiger partial charge is 0.171 e. The lowest BCUT2D eigenvalue weighted by atomic mass is 10.2. The number of hydrogen-bond acceptors (Lipinski definition) is 4. The van der Waals surface area contributed by atoms with Crippen LogP contribution in [0.25, 0.3) is 0 Å². The molecule has 1 aliphatic heterocycles. The second-order valence-electron chi connectivity index (χ2n) is 4.73. The van der Waals surface area contributed by atoms with Gasteiger partial charge in [-0.05, 0) is 32.1 Å². The Hall–Kier alpha value is -1.29. The Labute approximate surface area is 110 Å². The standard InChI is InChI=1S/C14H23N3O/c1-4-16(5-2)9-10-17-11-12(3)18-13-7-6-8-15-14(13)17/h6-8,12H,4-5,9-11H2,1-3H3. The summed E-state index contributed by atoms with van der Waals surface area (Å²) in [6.45, 7) is 11.7. The quantitative estimate of drug-likeness (QED) is 0.798. The van der Waals surface area contributed by atoms with Gasteiger partial charge in [-0.3, -0.25) is 0 Å². The number of nitrogens with zero attached hydrogens (tertiary/aromatic N) is 3. The molecular formula is C14H23N3O. The molecule has 1 aromatic heterocycles. The summed E-state index contributed by atoms with van der Waals surface area (Å²) in [6, 6.07) is 3.93. The molecule has 1 atom stereocenters. The minimum atomic E-state index is 0.235. The van der Waals surface area contributed by atoms with E-state index in [1.54, 1.807) is 0 Å². The number of likely N-dealkylation sites (N-methyl/N-ethyl adjacent to an activating group) is 1. The molecule has 0 saturated carbocycles. The summed E-state index contributed by atoms with van der Waals surface area (Å²) in [5, 5.41) is 0. The molecule has 1 aromatic rings. The molecule has 18 heavy (non-hydrogen) atoms. The van der Waals surface area contributed by atoms with Crippen molar-refractivity contribution in [1.29, 1.82) is 0 Å². The highest BCUT2D eigenvalue weighted by atomic mass is 16.5. The Bertz CT molecular complexity index is 379. The summed E-state index contributed by atoms with van der Waals surface area (Å²) < 4.78 is 5.80. The predicted molar refractivity (Wildman–Crippen MR) is 74.3 cm³/mol. The lowest BCUT2D eigenvalue weighted by molar-refractivity contribution is 0.207. The van der Waals surface area contributed by atoms with Gasteiger partial charge in [0.05, 0.1) is 6.54 Å². The maximum Gasteiger partial charge on any atom is 0.171 e. The molecular weight excluding hydrogens is 226 g/mol. The molecule has 0 amide bonds. The molecule has 0 bridgehead atoms. The minimum absolute atomic E-state index is 0.235. The molecule has 0 fully saturated rings. The van der Waals surface area contributed by atoms with E-state index in [2.05, 4.69) is 35.6 Å². The highest BCUT2D eigenvalue weighted by Gasteiger charge is 2.23. The number of fused-ring (bicyclic) bond motifs is 1. The Kier molecular flexibility index (Phi) is 4.42. The van der Waals surface area contributed by atoms with Crippen LogP contribution in [0.2, 0.25) is 0 Å². The summed E-state index contributed by atoms with van der Waals surface area (Å²) in [6.07, 6.45) is 2.07. The largest absolute Gasteiger partial charge is 0.485 e. The molecule has 2 rings (SSSR count). The Morgan fingerprint density at radius 2 is 2.22 bits per heavy atom. The first kappa shape index (κ1) is 13.1. The van der Waals surface area contributed by atoms with Gasteiger partial charge in [0.1, 0.15) is 6.10 Å². The van der Waals surface area contributed by atoms with E-state index in [9.17, 15) is 0 Å². The van der Waals surface area contributed by atoms with Crippen molar-refractivity contribution >= 4 is 5.82 Å². The first-order valence-electron chi connectivity index (χ1n) is 6.83. The van der Waals surface area contributed by atoms with E-state index in [1.807, 2.05) is 18.3 Å². The summed E-state index contributed by atoms with van der Waals surface area (Å²) in [5.74, 6) is 1.90. The third-order valence-electron chi connectivity index (χ3n) is 3.44. The van der Waals surface area contributed by atoms with Crippen LogP contribution in [-0.2, 0) is 0 Å². The lowest BCUT2D eigenvalue weighted by Crippen LogP contribution is -2.43. The van der Waals surface area contributed by atoms with Gasteiger partial charge < -0.3 is 14.5 Å². The van der Waals surface area contributed by atoms with Gasteiger partial charge in [-0.25, -0.2) is 4.98 Å². The number of ether oxygens (including phenoxy) is 1. The molecule has 0 N–H and O–H groups in total. The third-order valence-corrected chi connectivity index (χ3v) is 3.44. The molecule has 2 heterocycles. The molecule has 1 unspecified atom stereocenters. The monoisotopic (exact) mass is 249 g/mol. The second kappa shape index (κ2) is 6.05. The molecule has 100 valence electrons. The SMILES string of the molecule is CCN(CC)CCN1CC(C)Oc2cccnc21. The van der Waals surface area contributed by atoms with Gasteiger partial charge in [-0.2, -0.15) is 0 Å². The molecule has 0 spiro atoms. The van der Waals surface area contributed by atoms with E-state index in [1.165, 1.54) is 0 Å². The van der Waals surface area contributed by atoms with Gasteiger partial charge in [0.2, 0.25) is 0 Å². The topological polar surface area (TPSA) is 28.6 Å². The van der Waals surface area contributed by atoms with Gasteiger partial charge in [0.15, 0.2) is 11.6 Å². The number of pyridine rings is 1. The van der Waals surface area contributed by atoms with Crippen molar-refractivity contribution in [2.45, 2.75) is 26.9 Å². The van der Waals surface area contributed by atoms with Crippen molar-refractivity contribution < 1.29 is 4.74 Å². The fourth-order valence-electron chi connectivity index (χ4n) is 2.36. The maximum atomic E-state index is 5.80. The molecule has 4 heteroatoms. The predicted octanol–water partition coefficient (Wildman–Crippen LogP) is 2.01. The molecule has 0 aromatic carbocycles. The van der Waals surface area contributed by atoms with E-state index in [0.29, 0.717) is 0 Å². The summed E-state index contributed by atoms with van der Waals surface area (Å²) in [5.41, 5.74) is 0. The number of anilines is 1. The second-order valence-corrected chi connectivity index (χ2v) is 4.73. The normalized spacial score (nSPS) is 18.7. The number of hydrogen-bond donors (Lipinski definition) is 0. The highest BCUT2D eigenvalue weighted by Crippen LogP contribution is 2.30. The Morgan fingerprint density at radius 1 is 1.44 bits per heavy atom. The zero-order valence-corrected chi connectivity index (χ0v) is 11.6. The average molecular weight is 249 g/mol. The summed E-state index contributed by atoms with van der Waals surface area (Å²) >= 11 is 0. The van der Waals surface area contributed by atoms with Crippen LogP contribution in [0, 0.1) is 0 Å². The Balaban J connectivity index is 2.04. The van der Waals surface area contributed by atoms with Gasteiger partial charge >= 0.3 is 0 Å². The first-order chi connectivity index (χ1) is 8.74. The summed E-state index contributed by atoms with van der Waals surface area (Å²) in [7, 11) is 0. The minimum Gasteiger partial charge on any atom is -0.485 e. The zero-order chi connectivity index (χ0) is 13.0.